The molecular weight excluding hydrogens is 491 g/mol. The molecule has 4 rings (SSSR count). The number of hydrogen-bond acceptors (Lipinski definition) is 8. The van der Waals surface area contributed by atoms with Crippen LogP contribution in [0.5, 0.6) is 11.5 Å². The molecule has 0 saturated carbocycles. The Bertz CT molecular complexity index is 1280. The van der Waals surface area contributed by atoms with E-state index in [4.69, 9.17) is 9.47 Å². The lowest BCUT2D eigenvalue weighted by atomic mass is 10.1. The summed E-state index contributed by atoms with van der Waals surface area (Å²) >= 11 is 0. The average molecular weight is 515 g/mol. The third-order valence-electron chi connectivity index (χ3n) is 5.38. The van der Waals surface area contributed by atoms with Gasteiger partial charge in [0.25, 0.3) is 0 Å². The van der Waals surface area contributed by atoms with E-state index >= 15 is 0 Å². The molecule has 0 spiro atoms. The van der Waals surface area contributed by atoms with Crippen LogP contribution in [-0.2, 0) is 9.53 Å². The first-order chi connectivity index (χ1) is 17.8. The van der Waals surface area contributed by atoms with Crippen LogP contribution in [0.4, 0.5) is 36.2 Å². The van der Waals surface area contributed by atoms with Crippen molar-refractivity contribution in [3.63, 3.8) is 0 Å². The number of aromatic nitrogens is 2. The number of anilines is 4. The summed E-state index contributed by atoms with van der Waals surface area (Å²) < 4.78 is 54.2. The van der Waals surface area contributed by atoms with Crippen molar-refractivity contribution < 1.29 is 32.2 Å². The number of benzene rings is 2. The number of ether oxygens (including phenoxy) is 3. The molecule has 0 atom stereocenters. The summed E-state index contributed by atoms with van der Waals surface area (Å²) in [7, 11) is 1.40. The number of hydrogen-bond donors (Lipinski definition) is 2. The van der Waals surface area contributed by atoms with Gasteiger partial charge < -0.3 is 29.7 Å². The minimum atomic E-state index is -4.97. The number of amides is 1. The fraction of sp³-hybridized carbons (Fsp3) is 0.240. The van der Waals surface area contributed by atoms with E-state index in [9.17, 15) is 18.0 Å². The predicted molar refractivity (Wildman–Crippen MR) is 132 cm³/mol. The van der Waals surface area contributed by atoms with Crippen molar-refractivity contribution in [3.05, 3.63) is 61.3 Å². The van der Waals surface area contributed by atoms with Crippen molar-refractivity contribution in [1.29, 1.82) is 0 Å². The molecule has 0 radical (unpaired) electrons. The highest BCUT2D eigenvalue weighted by Crippen LogP contribution is 2.37. The highest BCUT2D eigenvalue weighted by molar-refractivity contribution is 6.00. The summed E-state index contributed by atoms with van der Waals surface area (Å²) in [6.45, 7) is 6.14. The predicted octanol–water partition coefficient (Wildman–Crippen LogP) is 4.76. The summed E-state index contributed by atoms with van der Waals surface area (Å²) in [4.78, 5) is 22.3. The number of rotatable bonds is 8. The molecule has 37 heavy (non-hydrogen) atoms. The van der Waals surface area contributed by atoms with Gasteiger partial charge >= 0.3 is 6.36 Å². The molecule has 3 aromatic rings. The fourth-order valence-electron chi connectivity index (χ4n) is 3.70. The van der Waals surface area contributed by atoms with Crippen LogP contribution in [0.1, 0.15) is 0 Å². The van der Waals surface area contributed by atoms with Gasteiger partial charge in [-0.2, -0.15) is 0 Å². The van der Waals surface area contributed by atoms with E-state index in [2.05, 4.69) is 36.8 Å². The molecule has 1 aliphatic rings. The van der Waals surface area contributed by atoms with Crippen LogP contribution >= 0.6 is 0 Å². The Kier molecular flexibility index (Phi) is 7.77. The van der Waals surface area contributed by atoms with Gasteiger partial charge in [0.1, 0.15) is 11.4 Å². The molecule has 1 fully saturated rings. The number of alkyl halides is 3. The maximum absolute atomic E-state index is 13.1. The SMILES string of the molecule is C=CC(=O)Nc1cc(-c2nc(Nc3cccc(N4CCOCC4)c3)ncc2OC(F)(F)F)ccc1OC. The third-order valence-corrected chi connectivity index (χ3v) is 5.38. The maximum atomic E-state index is 13.1. The fourth-order valence-corrected chi connectivity index (χ4v) is 3.70. The maximum Gasteiger partial charge on any atom is 0.573 e. The largest absolute Gasteiger partial charge is 0.573 e. The van der Waals surface area contributed by atoms with E-state index in [0.29, 0.717) is 24.7 Å². The smallest absolute Gasteiger partial charge is 0.495 e. The summed E-state index contributed by atoms with van der Waals surface area (Å²) in [5.41, 5.74) is 1.91. The number of nitrogens with one attached hydrogen (secondary N) is 2. The molecule has 0 unspecified atom stereocenters. The lowest BCUT2D eigenvalue weighted by molar-refractivity contribution is -0.274. The van der Waals surface area contributed by atoms with E-state index in [1.54, 1.807) is 6.07 Å². The Hall–Kier alpha value is -4.32. The van der Waals surface area contributed by atoms with Gasteiger partial charge in [0.15, 0.2) is 5.75 Å². The van der Waals surface area contributed by atoms with Crippen molar-refractivity contribution in [2.45, 2.75) is 6.36 Å². The minimum absolute atomic E-state index is 0.0520. The van der Waals surface area contributed by atoms with Crippen LogP contribution in [-0.4, -0.2) is 55.7 Å². The van der Waals surface area contributed by atoms with Gasteiger partial charge in [-0.15, -0.1) is 13.2 Å². The van der Waals surface area contributed by atoms with Gasteiger partial charge in [0, 0.05) is 30.0 Å². The highest BCUT2D eigenvalue weighted by atomic mass is 19.4. The van der Waals surface area contributed by atoms with Crippen molar-refractivity contribution in [2.24, 2.45) is 0 Å². The standard InChI is InChI=1S/C25H24F3N5O4/c1-3-22(34)31-19-13-16(7-8-20(19)35-2)23-21(37-25(26,27)28)15-29-24(32-23)30-17-5-4-6-18(14-17)33-9-11-36-12-10-33/h3-8,13-15H,1,9-12H2,2H3,(H,31,34)(H,29,30,32). The molecule has 2 N–H and O–H groups in total. The van der Waals surface area contributed by atoms with Crippen molar-refractivity contribution in [3.8, 4) is 22.8 Å². The lowest BCUT2D eigenvalue weighted by Crippen LogP contribution is -2.36. The Labute approximate surface area is 210 Å². The zero-order chi connectivity index (χ0) is 26.4. The molecular formula is C25H24F3N5O4. The van der Waals surface area contributed by atoms with Gasteiger partial charge in [-0.05, 0) is 42.5 Å². The molecule has 0 aliphatic carbocycles. The highest BCUT2D eigenvalue weighted by Gasteiger charge is 2.33. The zero-order valence-electron chi connectivity index (χ0n) is 19.8. The number of halogens is 3. The molecule has 194 valence electrons. The Morgan fingerprint density at radius 3 is 2.65 bits per heavy atom. The van der Waals surface area contributed by atoms with E-state index in [1.165, 1.54) is 25.3 Å². The van der Waals surface area contributed by atoms with Gasteiger partial charge in [-0.25, -0.2) is 9.97 Å². The van der Waals surface area contributed by atoms with Gasteiger partial charge in [-0.1, -0.05) is 12.6 Å². The number of carbonyl (C=O) groups is 1. The first kappa shape index (κ1) is 25.8. The second-order valence-corrected chi connectivity index (χ2v) is 7.84. The summed E-state index contributed by atoms with van der Waals surface area (Å²) in [6.07, 6.45) is -2.97. The minimum Gasteiger partial charge on any atom is -0.495 e. The Morgan fingerprint density at radius 1 is 1.16 bits per heavy atom. The molecule has 9 nitrogen and oxygen atoms in total. The molecule has 1 saturated heterocycles. The number of nitrogens with zero attached hydrogens (tertiary/aromatic N) is 3. The van der Waals surface area contributed by atoms with Gasteiger partial charge in [0.2, 0.25) is 11.9 Å². The molecule has 12 heteroatoms. The topological polar surface area (TPSA) is 97.8 Å². The number of methoxy groups -OCH3 is 1. The molecule has 1 aromatic heterocycles. The van der Waals surface area contributed by atoms with Gasteiger partial charge in [-0.3, -0.25) is 4.79 Å². The average Bonchev–Trinajstić information content (AvgIpc) is 2.89. The van der Waals surface area contributed by atoms with Crippen LogP contribution in [0, 0.1) is 0 Å². The van der Waals surface area contributed by atoms with Crippen molar-refractivity contribution in [2.75, 3.05) is 48.9 Å². The van der Waals surface area contributed by atoms with E-state index in [0.717, 1.165) is 31.0 Å². The first-order valence-corrected chi connectivity index (χ1v) is 11.2. The summed E-state index contributed by atoms with van der Waals surface area (Å²) in [6, 6.07) is 11.9. The van der Waals surface area contributed by atoms with Crippen LogP contribution in [0.25, 0.3) is 11.3 Å². The number of morpholine rings is 1. The van der Waals surface area contributed by atoms with Crippen LogP contribution in [0.15, 0.2) is 61.3 Å². The number of carbonyl (C=O) groups excluding carboxylic acids is 1. The zero-order valence-corrected chi connectivity index (χ0v) is 19.8. The molecule has 2 heterocycles. The first-order valence-electron chi connectivity index (χ1n) is 11.2. The molecule has 1 amide bonds. The Morgan fingerprint density at radius 2 is 1.95 bits per heavy atom. The summed E-state index contributed by atoms with van der Waals surface area (Å²) in [5, 5.41) is 5.60. The monoisotopic (exact) mass is 515 g/mol. The van der Waals surface area contributed by atoms with Crippen LogP contribution in [0.2, 0.25) is 0 Å². The quantitative estimate of drug-likeness (QED) is 0.415. The summed E-state index contributed by atoms with van der Waals surface area (Å²) in [5.74, 6) is -0.778. The van der Waals surface area contributed by atoms with Crippen LogP contribution < -0.4 is 25.0 Å². The molecule has 0 bridgehead atoms. The second-order valence-electron chi connectivity index (χ2n) is 7.84. The lowest BCUT2D eigenvalue weighted by Gasteiger charge is -2.29. The van der Waals surface area contributed by atoms with E-state index < -0.39 is 18.0 Å². The normalized spacial score (nSPS) is 13.6. The third kappa shape index (κ3) is 6.67. The molecule has 1 aliphatic heterocycles. The Balaban J connectivity index is 1.69. The molecule has 2 aromatic carbocycles. The van der Waals surface area contributed by atoms with Crippen molar-refractivity contribution in [1.82, 2.24) is 9.97 Å². The van der Waals surface area contributed by atoms with Crippen LogP contribution in [0.3, 0.4) is 0 Å². The van der Waals surface area contributed by atoms with E-state index in [1.807, 2.05) is 18.2 Å². The van der Waals surface area contributed by atoms with Gasteiger partial charge in [0.05, 0.1) is 32.2 Å². The second kappa shape index (κ2) is 11.2. The van der Waals surface area contributed by atoms with Crippen molar-refractivity contribution >= 4 is 28.9 Å². The van der Waals surface area contributed by atoms with E-state index in [-0.39, 0.29) is 22.9 Å².